The quantitative estimate of drug-likeness (QED) is 0.439. The Morgan fingerprint density at radius 3 is 2.63 bits per heavy atom. The third kappa shape index (κ3) is 5.48. The number of halogens is 4. The largest absolute Gasteiger partial charge is 0.417 e. The van der Waals surface area contributed by atoms with Crippen molar-refractivity contribution >= 4 is 34.3 Å². The second kappa shape index (κ2) is 9.11. The zero-order chi connectivity index (χ0) is 20.2. The van der Waals surface area contributed by atoms with Gasteiger partial charge in [-0.1, -0.05) is 11.6 Å². The summed E-state index contributed by atoms with van der Waals surface area (Å²) in [4.78, 5) is 27.4. The molecule has 0 aliphatic rings. The lowest BCUT2D eigenvalue weighted by atomic mass is 10.1. The van der Waals surface area contributed by atoms with E-state index >= 15 is 0 Å². The Morgan fingerprint density at radius 1 is 1.30 bits per heavy atom. The number of fused-ring (bicyclic) bond motifs is 1. The molecular formula is C15H16ClF3N2O5S. The molecule has 12 heteroatoms. The SMILES string of the molecule is COCCOCC(O)CSc1c(Cl)c(C(F)(F)F)cc2c(=O)[nH]c(=O)[nH]c12. The predicted molar refractivity (Wildman–Crippen MR) is 94.6 cm³/mol. The third-order valence-electron chi connectivity index (χ3n) is 3.40. The number of aromatic amines is 2. The molecular weight excluding hydrogens is 413 g/mol. The van der Waals surface area contributed by atoms with Crippen LogP contribution in [0.15, 0.2) is 20.6 Å². The summed E-state index contributed by atoms with van der Waals surface area (Å²) in [5, 5.41) is 8.90. The van der Waals surface area contributed by atoms with Crippen LogP contribution >= 0.6 is 23.4 Å². The van der Waals surface area contributed by atoms with Gasteiger partial charge in [0.05, 0.1) is 52.3 Å². The summed E-state index contributed by atoms with van der Waals surface area (Å²) < 4.78 is 49.7. The molecule has 1 unspecified atom stereocenters. The first-order valence-corrected chi connectivity index (χ1v) is 8.95. The molecule has 0 saturated heterocycles. The van der Waals surface area contributed by atoms with Gasteiger partial charge in [0.25, 0.3) is 5.56 Å². The van der Waals surface area contributed by atoms with E-state index in [1.165, 1.54) is 7.11 Å². The normalized spacial score (nSPS) is 13.3. The molecule has 27 heavy (non-hydrogen) atoms. The Kier molecular flexibility index (Phi) is 7.34. The van der Waals surface area contributed by atoms with Crippen molar-refractivity contribution in [1.82, 2.24) is 9.97 Å². The van der Waals surface area contributed by atoms with Crippen LogP contribution in [0.4, 0.5) is 13.2 Å². The maximum absolute atomic E-state index is 13.2. The fraction of sp³-hybridized carbons (Fsp3) is 0.467. The number of aliphatic hydroxyl groups is 1. The summed E-state index contributed by atoms with van der Waals surface area (Å²) in [5.74, 6) is -0.0715. The number of hydrogen-bond donors (Lipinski definition) is 3. The lowest BCUT2D eigenvalue weighted by Crippen LogP contribution is -2.23. The van der Waals surface area contributed by atoms with Crippen LogP contribution in [0.1, 0.15) is 5.56 Å². The minimum atomic E-state index is -4.80. The molecule has 0 spiro atoms. The number of nitrogens with one attached hydrogen (secondary N) is 2. The molecule has 1 atom stereocenters. The fourth-order valence-electron chi connectivity index (χ4n) is 2.18. The Labute approximate surface area is 159 Å². The number of thioether (sulfide) groups is 1. The molecule has 3 N–H and O–H groups in total. The molecule has 0 aliphatic heterocycles. The molecule has 2 aromatic rings. The highest BCUT2D eigenvalue weighted by Gasteiger charge is 2.35. The smallest absolute Gasteiger partial charge is 0.390 e. The van der Waals surface area contributed by atoms with Gasteiger partial charge in [0.2, 0.25) is 0 Å². The van der Waals surface area contributed by atoms with Crippen LogP contribution in [-0.2, 0) is 15.7 Å². The van der Waals surface area contributed by atoms with Crippen LogP contribution in [0, 0.1) is 0 Å². The van der Waals surface area contributed by atoms with Gasteiger partial charge in [-0.15, -0.1) is 11.8 Å². The predicted octanol–water partition coefficient (Wildman–Crippen LogP) is 2.00. The van der Waals surface area contributed by atoms with Crippen molar-refractivity contribution in [3.63, 3.8) is 0 Å². The van der Waals surface area contributed by atoms with Gasteiger partial charge in [0, 0.05) is 12.9 Å². The van der Waals surface area contributed by atoms with Gasteiger partial charge in [-0.2, -0.15) is 13.2 Å². The number of H-pyrrole nitrogens is 2. The standard InChI is InChI=1S/C15H16ClF3N2O5S/c1-25-2-3-26-5-7(22)6-27-12-10(16)9(15(17,18)19)4-8-11(12)20-14(24)21-13(8)23/h4,7,22H,2-3,5-6H2,1H3,(H2,20,21,23,24). The van der Waals surface area contributed by atoms with Gasteiger partial charge < -0.3 is 19.6 Å². The Balaban J connectivity index is 2.37. The Bertz CT molecular complexity index is 915. The highest BCUT2D eigenvalue weighted by molar-refractivity contribution is 7.99. The zero-order valence-electron chi connectivity index (χ0n) is 14.0. The second-order valence-corrected chi connectivity index (χ2v) is 6.84. The number of benzene rings is 1. The average Bonchev–Trinajstić information content (AvgIpc) is 2.56. The maximum Gasteiger partial charge on any atom is 0.417 e. The third-order valence-corrected chi connectivity index (χ3v) is 5.15. The number of aliphatic hydroxyl groups excluding tert-OH is 1. The van der Waals surface area contributed by atoms with Crippen molar-refractivity contribution in [1.29, 1.82) is 0 Å². The topological polar surface area (TPSA) is 104 Å². The number of hydrogen-bond acceptors (Lipinski definition) is 6. The van der Waals surface area contributed by atoms with E-state index in [1.807, 2.05) is 4.98 Å². The van der Waals surface area contributed by atoms with Gasteiger partial charge in [0.15, 0.2) is 0 Å². The molecule has 0 saturated carbocycles. The monoisotopic (exact) mass is 428 g/mol. The molecule has 2 rings (SSSR count). The molecule has 0 aliphatic carbocycles. The molecule has 1 aromatic carbocycles. The van der Waals surface area contributed by atoms with E-state index in [2.05, 4.69) is 4.98 Å². The van der Waals surface area contributed by atoms with E-state index in [4.69, 9.17) is 21.1 Å². The van der Waals surface area contributed by atoms with Gasteiger partial charge >= 0.3 is 11.9 Å². The van der Waals surface area contributed by atoms with Crippen molar-refractivity contribution in [3.8, 4) is 0 Å². The van der Waals surface area contributed by atoms with E-state index in [0.717, 1.165) is 11.8 Å². The van der Waals surface area contributed by atoms with Gasteiger partial charge in [-0.3, -0.25) is 9.78 Å². The first kappa shape index (κ1) is 21.8. The first-order valence-electron chi connectivity index (χ1n) is 7.58. The van der Waals surface area contributed by atoms with E-state index in [9.17, 15) is 27.9 Å². The summed E-state index contributed by atoms with van der Waals surface area (Å²) in [6.07, 6.45) is -5.81. The zero-order valence-corrected chi connectivity index (χ0v) is 15.6. The molecule has 0 amide bonds. The van der Waals surface area contributed by atoms with E-state index < -0.39 is 34.1 Å². The molecule has 150 valence electrons. The van der Waals surface area contributed by atoms with Crippen molar-refractivity contribution in [2.75, 3.05) is 32.7 Å². The Morgan fingerprint density at radius 2 is 2.00 bits per heavy atom. The first-order chi connectivity index (χ1) is 12.6. The average molecular weight is 429 g/mol. The van der Waals surface area contributed by atoms with Gasteiger partial charge in [-0.25, -0.2) is 4.79 Å². The lowest BCUT2D eigenvalue weighted by molar-refractivity contribution is -0.137. The van der Waals surface area contributed by atoms with Crippen molar-refractivity contribution in [2.45, 2.75) is 17.2 Å². The van der Waals surface area contributed by atoms with Crippen LogP contribution in [0.5, 0.6) is 0 Å². The minimum Gasteiger partial charge on any atom is -0.390 e. The number of ether oxygens (including phenoxy) is 2. The highest BCUT2D eigenvalue weighted by Crippen LogP contribution is 2.42. The van der Waals surface area contributed by atoms with E-state index in [0.29, 0.717) is 12.7 Å². The number of methoxy groups -OCH3 is 1. The van der Waals surface area contributed by atoms with Crippen LogP contribution in [0.3, 0.4) is 0 Å². The molecule has 0 radical (unpaired) electrons. The van der Waals surface area contributed by atoms with Crippen molar-refractivity contribution in [3.05, 3.63) is 37.5 Å². The number of aromatic nitrogens is 2. The highest BCUT2D eigenvalue weighted by atomic mass is 35.5. The van der Waals surface area contributed by atoms with Crippen LogP contribution < -0.4 is 11.2 Å². The summed E-state index contributed by atoms with van der Waals surface area (Å²) in [7, 11) is 1.48. The molecule has 0 bridgehead atoms. The van der Waals surface area contributed by atoms with Crippen LogP contribution in [0.2, 0.25) is 5.02 Å². The molecule has 7 nitrogen and oxygen atoms in total. The van der Waals surface area contributed by atoms with E-state index in [1.54, 1.807) is 0 Å². The Hall–Kier alpha value is -1.53. The lowest BCUT2D eigenvalue weighted by Gasteiger charge is -2.16. The molecule has 1 heterocycles. The maximum atomic E-state index is 13.2. The summed E-state index contributed by atoms with van der Waals surface area (Å²) >= 11 is 6.68. The van der Waals surface area contributed by atoms with E-state index in [-0.39, 0.29) is 34.8 Å². The number of rotatable bonds is 8. The second-order valence-electron chi connectivity index (χ2n) is 5.43. The van der Waals surface area contributed by atoms with Crippen LogP contribution in [-0.4, -0.2) is 53.9 Å². The van der Waals surface area contributed by atoms with Crippen molar-refractivity contribution < 1.29 is 27.8 Å². The number of alkyl halides is 3. The summed E-state index contributed by atoms with van der Waals surface area (Å²) in [6.45, 7) is 0.504. The minimum absolute atomic E-state index is 0.0675. The molecule has 1 aromatic heterocycles. The van der Waals surface area contributed by atoms with Gasteiger partial charge in [0.1, 0.15) is 0 Å². The van der Waals surface area contributed by atoms with Gasteiger partial charge in [-0.05, 0) is 6.07 Å². The van der Waals surface area contributed by atoms with Crippen LogP contribution in [0.25, 0.3) is 10.9 Å². The summed E-state index contributed by atoms with van der Waals surface area (Å²) in [6, 6.07) is 0.584. The fourth-order valence-corrected chi connectivity index (χ4v) is 3.60. The summed E-state index contributed by atoms with van der Waals surface area (Å²) in [5.41, 5.74) is -3.18. The van der Waals surface area contributed by atoms with Crippen molar-refractivity contribution in [2.24, 2.45) is 0 Å². The molecule has 0 fully saturated rings.